The third-order valence-electron chi connectivity index (χ3n) is 6.98. The highest BCUT2D eigenvalue weighted by Gasteiger charge is 2.53. The highest BCUT2D eigenvalue weighted by atomic mass is 32.2. The fourth-order valence-corrected chi connectivity index (χ4v) is 6.24. The van der Waals surface area contributed by atoms with Crippen LogP contribution < -0.4 is 9.80 Å². The molecule has 0 bridgehead atoms. The second-order valence-corrected chi connectivity index (χ2v) is 11.1. The molecule has 1 aliphatic heterocycles. The van der Waals surface area contributed by atoms with Gasteiger partial charge in [0.2, 0.25) is 0 Å². The zero-order chi connectivity index (χ0) is 25.2. The Labute approximate surface area is 205 Å². The van der Waals surface area contributed by atoms with E-state index < -0.39 is 33.0 Å². The zero-order valence-corrected chi connectivity index (χ0v) is 20.1. The SMILES string of the molecule is Cc1ccc(S(=O)(=O)n2nc(N3CCN(c4ncc(F)cc4F)CC34CC4)c3c(F)cccc32)cc1. The molecule has 0 radical (unpaired) electrons. The van der Waals surface area contributed by atoms with Gasteiger partial charge in [0, 0.05) is 25.7 Å². The van der Waals surface area contributed by atoms with Crippen molar-refractivity contribution in [3.05, 3.63) is 77.7 Å². The molecule has 4 aromatic rings. The van der Waals surface area contributed by atoms with Gasteiger partial charge in [-0.15, -0.1) is 5.10 Å². The summed E-state index contributed by atoms with van der Waals surface area (Å²) < 4.78 is 70.9. The molecule has 186 valence electrons. The van der Waals surface area contributed by atoms with Crippen LogP contribution in [0.2, 0.25) is 0 Å². The summed E-state index contributed by atoms with van der Waals surface area (Å²) in [6, 6.07) is 11.5. The fraction of sp³-hybridized carbons (Fsp3) is 0.280. The maximum Gasteiger partial charge on any atom is 0.283 e. The Bertz CT molecular complexity index is 1600. The van der Waals surface area contributed by atoms with Gasteiger partial charge in [-0.25, -0.2) is 18.2 Å². The van der Waals surface area contributed by atoms with Gasteiger partial charge in [0.05, 0.1) is 27.5 Å². The minimum atomic E-state index is -4.09. The van der Waals surface area contributed by atoms with Crippen molar-refractivity contribution in [3.63, 3.8) is 0 Å². The molecule has 2 aliphatic rings. The van der Waals surface area contributed by atoms with E-state index in [4.69, 9.17) is 0 Å². The number of fused-ring (bicyclic) bond motifs is 1. The number of nitrogens with zero attached hydrogens (tertiary/aromatic N) is 5. The lowest BCUT2D eigenvalue weighted by Crippen LogP contribution is -2.56. The maximum absolute atomic E-state index is 15.2. The van der Waals surface area contributed by atoms with E-state index >= 15 is 4.39 Å². The normalized spacial score (nSPS) is 17.2. The van der Waals surface area contributed by atoms with Gasteiger partial charge in [-0.2, -0.15) is 12.5 Å². The van der Waals surface area contributed by atoms with E-state index in [-0.39, 0.29) is 27.4 Å². The molecule has 1 saturated heterocycles. The minimum absolute atomic E-state index is 0.0529. The number of hydrogen-bond acceptors (Lipinski definition) is 6. The molecule has 1 saturated carbocycles. The minimum Gasteiger partial charge on any atom is -0.350 e. The van der Waals surface area contributed by atoms with Crippen molar-refractivity contribution in [2.45, 2.75) is 30.2 Å². The summed E-state index contributed by atoms with van der Waals surface area (Å²) in [6.45, 7) is 2.89. The van der Waals surface area contributed by atoms with Crippen molar-refractivity contribution in [1.82, 2.24) is 14.2 Å². The maximum atomic E-state index is 15.2. The van der Waals surface area contributed by atoms with Crippen molar-refractivity contribution in [3.8, 4) is 0 Å². The Balaban J connectivity index is 1.43. The topological polar surface area (TPSA) is 71.3 Å². The summed E-state index contributed by atoms with van der Waals surface area (Å²) in [6.07, 6.45) is 2.45. The molecule has 2 aromatic carbocycles. The zero-order valence-electron chi connectivity index (χ0n) is 19.3. The van der Waals surface area contributed by atoms with Crippen LogP contribution in [0.3, 0.4) is 0 Å². The molecule has 0 unspecified atom stereocenters. The van der Waals surface area contributed by atoms with E-state index in [0.29, 0.717) is 19.6 Å². The molecular formula is C25H22F3N5O2S. The van der Waals surface area contributed by atoms with E-state index in [0.717, 1.165) is 34.8 Å². The van der Waals surface area contributed by atoms with Crippen LogP contribution >= 0.6 is 0 Å². The van der Waals surface area contributed by atoms with Crippen LogP contribution in [0.5, 0.6) is 0 Å². The number of aryl methyl sites for hydroxylation is 1. The van der Waals surface area contributed by atoms with Crippen LogP contribution in [0.4, 0.5) is 24.8 Å². The van der Waals surface area contributed by atoms with Gasteiger partial charge in [-0.05, 0) is 44.0 Å². The molecule has 36 heavy (non-hydrogen) atoms. The van der Waals surface area contributed by atoms with Crippen molar-refractivity contribution < 1.29 is 21.6 Å². The van der Waals surface area contributed by atoms with Crippen molar-refractivity contribution in [1.29, 1.82) is 0 Å². The summed E-state index contributed by atoms with van der Waals surface area (Å²) in [5, 5.41) is 4.59. The summed E-state index contributed by atoms with van der Waals surface area (Å²) in [7, 11) is -4.09. The van der Waals surface area contributed by atoms with Gasteiger partial charge in [-0.1, -0.05) is 23.8 Å². The number of aromatic nitrogens is 3. The van der Waals surface area contributed by atoms with Crippen molar-refractivity contribution in [2.75, 3.05) is 29.4 Å². The third-order valence-corrected chi connectivity index (χ3v) is 8.58. The molecule has 1 aliphatic carbocycles. The Morgan fingerprint density at radius 3 is 2.39 bits per heavy atom. The second kappa shape index (κ2) is 7.95. The van der Waals surface area contributed by atoms with Gasteiger partial charge >= 0.3 is 0 Å². The lowest BCUT2D eigenvalue weighted by molar-refractivity contribution is 0.489. The molecule has 6 rings (SSSR count). The number of halogens is 3. The van der Waals surface area contributed by atoms with E-state index in [9.17, 15) is 17.2 Å². The van der Waals surface area contributed by atoms with Crippen LogP contribution in [0.15, 0.2) is 59.6 Å². The average molecular weight is 514 g/mol. The molecule has 0 amide bonds. The Hall–Kier alpha value is -3.60. The highest BCUT2D eigenvalue weighted by Crippen LogP contribution is 2.48. The third kappa shape index (κ3) is 3.52. The van der Waals surface area contributed by atoms with Crippen molar-refractivity contribution in [2.24, 2.45) is 0 Å². The lowest BCUT2D eigenvalue weighted by Gasteiger charge is -2.43. The predicted octanol–water partition coefficient (Wildman–Crippen LogP) is 4.25. The standard InChI is InChI=1S/C25H22F3N5O2S/c1-16-5-7-18(8-6-16)36(34,35)33-21-4-2-3-19(27)22(21)24(30-33)32-12-11-31(15-25(32)9-10-25)23-20(28)13-17(26)14-29-23/h2-8,13-14H,9-12,15H2,1H3. The molecule has 11 heteroatoms. The molecule has 7 nitrogen and oxygen atoms in total. The number of anilines is 2. The highest BCUT2D eigenvalue weighted by molar-refractivity contribution is 7.90. The summed E-state index contributed by atoms with van der Waals surface area (Å²) in [5.74, 6) is -1.77. The van der Waals surface area contributed by atoms with E-state index in [1.165, 1.54) is 30.3 Å². The van der Waals surface area contributed by atoms with Crippen molar-refractivity contribution >= 4 is 32.6 Å². The molecule has 3 heterocycles. The quantitative estimate of drug-likeness (QED) is 0.406. The number of benzene rings is 2. The Morgan fingerprint density at radius 1 is 0.944 bits per heavy atom. The molecule has 2 aromatic heterocycles. The average Bonchev–Trinajstić information content (AvgIpc) is 3.47. The van der Waals surface area contributed by atoms with Gasteiger partial charge in [0.1, 0.15) is 11.6 Å². The second-order valence-electron chi connectivity index (χ2n) is 9.38. The molecule has 0 N–H and O–H groups in total. The van der Waals surface area contributed by atoms with Crippen LogP contribution in [0.1, 0.15) is 18.4 Å². The smallest absolute Gasteiger partial charge is 0.283 e. The van der Waals surface area contributed by atoms with Gasteiger partial charge in [0.25, 0.3) is 10.0 Å². The van der Waals surface area contributed by atoms with Crippen LogP contribution in [-0.2, 0) is 10.0 Å². The number of hydrogen-bond donors (Lipinski definition) is 0. The largest absolute Gasteiger partial charge is 0.350 e. The predicted molar refractivity (Wildman–Crippen MR) is 129 cm³/mol. The van der Waals surface area contributed by atoms with Crippen LogP contribution in [0.25, 0.3) is 10.9 Å². The van der Waals surface area contributed by atoms with Gasteiger partial charge in [-0.3, -0.25) is 0 Å². The van der Waals surface area contributed by atoms with Gasteiger partial charge in [0.15, 0.2) is 17.5 Å². The molecule has 1 spiro atoms. The van der Waals surface area contributed by atoms with Gasteiger partial charge < -0.3 is 9.80 Å². The number of piperazine rings is 1. The first-order valence-corrected chi connectivity index (χ1v) is 13.0. The summed E-state index contributed by atoms with van der Waals surface area (Å²) in [4.78, 5) is 7.66. The van der Waals surface area contributed by atoms with E-state index in [1.807, 2.05) is 11.8 Å². The summed E-state index contributed by atoms with van der Waals surface area (Å²) in [5.41, 5.74) is 0.574. The number of rotatable bonds is 4. The first-order chi connectivity index (χ1) is 17.2. The molecule has 2 fully saturated rings. The number of pyridine rings is 1. The van der Waals surface area contributed by atoms with Crippen LogP contribution in [-0.4, -0.2) is 47.8 Å². The Kier molecular flexibility index (Phi) is 5.05. The lowest BCUT2D eigenvalue weighted by atomic mass is 10.1. The Morgan fingerprint density at radius 2 is 1.69 bits per heavy atom. The van der Waals surface area contributed by atoms with E-state index in [2.05, 4.69) is 10.1 Å². The first-order valence-electron chi connectivity index (χ1n) is 11.5. The summed E-state index contributed by atoms with van der Waals surface area (Å²) >= 11 is 0. The van der Waals surface area contributed by atoms with E-state index in [1.54, 1.807) is 17.0 Å². The monoisotopic (exact) mass is 513 g/mol. The molecular weight excluding hydrogens is 491 g/mol. The molecule has 0 atom stereocenters. The van der Waals surface area contributed by atoms with Crippen LogP contribution in [0, 0.1) is 24.4 Å². The first kappa shape index (κ1) is 22.8. The fourth-order valence-electron chi connectivity index (χ4n) is 4.97.